The smallest absolute Gasteiger partial charge is 0.336 e. The molecule has 0 aromatic heterocycles. The molecule has 0 aliphatic carbocycles. The van der Waals surface area contributed by atoms with Gasteiger partial charge in [-0.2, -0.15) is 0 Å². The molecule has 0 saturated carbocycles. The Morgan fingerprint density at radius 1 is 1.39 bits per heavy atom. The fraction of sp³-hybridized carbons (Fsp3) is 0.471. The first kappa shape index (κ1) is 15.7. The molecule has 0 saturated heterocycles. The van der Waals surface area contributed by atoms with Gasteiger partial charge >= 0.3 is 5.97 Å². The normalized spacial score (nSPS) is 23.5. The van der Waals surface area contributed by atoms with Gasteiger partial charge in [-0.15, -0.1) is 0 Å². The summed E-state index contributed by atoms with van der Waals surface area (Å²) in [5.41, 5.74) is 1.67. The van der Waals surface area contributed by atoms with Crippen molar-refractivity contribution in [1.82, 2.24) is 5.32 Å². The summed E-state index contributed by atoms with van der Waals surface area (Å²) in [7, 11) is 0. The summed E-state index contributed by atoms with van der Waals surface area (Å²) >= 11 is 0. The number of nitrogens with one attached hydrogen (secondary N) is 1. The average Bonchev–Trinajstić information content (AvgIpc) is 2.82. The predicted molar refractivity (Wildman–Crippen MR) is 84.7 cm³/mol. The summed E-state index contributed by atoms with van der Waals surface area (Å²) in [6.07, 6.45) is 0.727. The molecular weight excluding hydrogens is 296 g/mol. The Morgan fingerprint density at radius 2 is 2.13 bits per heavy atom. The fourth-order valence-corrected chi connectivity index (χ4v) is 2.86. The SMILES string of the molecule is CC(C)C1(C)N=C(c2cc3c(cc2C(=O)O)COCC3)NC1=O. The topological polar surface area (TPSA) is 88.0 Å². The molecule has 122 valence electrons. The average molecular weight is 316 g/mol. The lowest BCUT2D eigenvalue weighted by molar-refractivity contribution is -0.124. The first-order valence-electron chi connectivity index (χ1n) is 7.71. The van der Waals surface area contributed by atoms with Gasteiger partial charge in [0.1, 0.15) is 11.4 Å². The van der Waals surface area contributed by atoms with Crippen LogP contribution in [-0.2, 0) is 22.6 Å². The monoisotopic (exact) mass is 316 g/mol. The van der Waals surface area contributed by atoms with Crippen molar-refractivity contribution in [2.75, 3.05) is 6.61 Å². The van der Waals surface area contributed by atoms with Crippen molar-refractivity contribution in [1.29, 1.82) is 0 Å². The number of amidine groups is 1. The fourth-order valence-electron chi connectivity index (χ4n) is 2.86. The second-order valence-electron chi connectivity index (χ2n) is 6.49. The zero-order valence-electron chi connectivity index (χ0n) is 13.5. The zero-order valence-corrected chi connectivity index (χ0v) is 13.5. The minimum Gasteiger partial charge on any atom is -0.478 e. The first-order valence-corrected chi connectivity index (χ1v) is 7.71. The molecule has 0 fully saturated rings. The third-order valence-corrected chi connectivity index (χ3v) is 4.76. The number of aliphatic imine (C=N–C) groups is 1. The van der Waals surface area contributed by atoms with E-state index in [1.54, 1.807) is 13.0 Å². The van der Waals surface area contributed by atoms with Crippen LogP contribution in [0.3, 0.4) is 0 Å². The van der Waals surface area contributed by atoms with E-state index in [-0.39, 0.29) is 17.4 Å². The van der Waals surface area contributed by atoms with Crippen LogP contribution in [0.25, 0.3) is 0 Å². The Hall–Kier alpha value is -2.21. The summed E-state index contributed by atoms with van der Waals surface area (Å²) in [5, 5.41) is 12.3. The van der Waals surface area contributed by atoms with Crippen molar-refractivity contribution in [3.63, 3.8) is 0 Å². The summed E-state index contributed by atoms with van der Waals surface area (Å²) in [5.74, 6) is -0.874. The summed E-state index contributed by atoms with van der Waals surface area (Å²) in [4.78, 5) is 28.5. The van der Waals surface area contributed by atoms with Crippen molar-refractivity contribution in [2.24, 2.45) is 10.9 Å². The van der Waals surface area contributed by atoms with Crippen molar-refractivity contribution in [3.8, 4) is 0 Å². The van der Waals surface area contributed by atoms with Crippen LogP contribution in [0.1, 0.15) is 47.8 Å². The molecule has 6 nitrogen and oxygen atoms in total. The molecule has 1 amide bonds. The van der Waals surface area contributed by atoms with E-state index in [4.69, 9.17) is 4.74 Å². The van der Waals surface area contributed by atoms with Crippen molar-refractivity contribution in [3.05, 3.63) is 34.4 Å². The summed E-state index contributed by atoms with van der Waals surface area (Å²) in [6.45, 7) is 6.65. The number of carbonyl (C=O) groups excluding carboxylic acids is 1. The molecule has 0 bridgehead atoms. The van der Waals surface area contributed by atoms with Gasteiger partial charge in [0.2, 0.25) is 0 Å². The number of carboxylic acids is 1. The molecule has 1 aromatic rings. The van der Waals surface area contributed by atoms with Gasteiger partial charge < -0.3 is 15.2 Å². The number of amides is 1. The van der Waals surface area contributed by atoms with E-state index in [1.807, 2.05) is 19.9 Å². The van der Waals surface area contributed by atoms with Crippen LogP contribution in [-0.4, -0.2) is 35.0 Å². The number of hydrogen-bond donors (Lipinski definition) is 2. The number of nitrogens with zero attached hydrogens (tertiary/aromatic N) is 1. The van der Waals surface area contributed by atoms with Gasteiger partial charge in [-0.3, -0.25) is 9.79 Å². The zero-order chi connectivity index (χ0) is 16.8. The van der Waals surface area contributed by atoms with Crippen molar-refractivity contribution >= 4 is 17.7 Å². The standard InChI is InChI=1S/C17H20N2O4/c1-9(2)17(3)16(22)18-14(19-17)12-6-10-4-5-23-8-11(10)7-13(12)15(20)21/h6-7,9H,4-5,8H2,1-3H3,(H,20,21)(H,18,19,22). The van der Waals surface area contributed by atoms with E-state index in [0.29, 0.717) is 24.6 Å². The van der Waals surface area contributed by atoms with Crippen LogP contribution < -0.4 is 5.32 Å². The van der Waals surface area contributed by atoms with E-state index in [1.165, 1.54) is 0 Å². The largest absolute Gasteiger partial charge is 0.478 e. The molecule has 2 aliphatic heterocycles. The molecule has 3 rings (SSSR count). The number of rotatable bonds is 3. The molecule has 2 N–H and O–H groups in total. The highest BCUT2D eigenvalue weighted by atomic mass is 16.5. The van der Waals surface area contributed by atoms with Crippen LogP contribution in [0.5, 0.6) is 0 Å². The lowest BCUT2D eigenvalue weighted by atomic mass is 9.89. The number of carboxylic acid groups (broad SMARTS) is 1. The third-order valence-electron chi connectivity index (χ3n) is 4.76. The Balaban J connectivity index is 2.13. The summed E-state index contributed by atoms with van der Waals surface area (Å²) < 4.78 is 5.38. The number of aromatic carboxylic acids is 1. The van der Waals surface area contributed by atoms with Crippen LogP contribution in [0.2, 0.25) is 0 Å². The number of ether oxygens (including phenoxy) is 1. The third kappa shape index (κ3) is 2.53. The number of benzene rings is 1. The molecule has 2 heterocycles. The molecule has 1 atom stereocenters. The number of fused-ring (bicyclic) bond motifs is 1. The highest BCUT2D eigenvalue weighted by Crippen LogP contribution is 2.29. The molecule has 6 heteroatoms. The van der Waals surface area contributed by atoms with Crippen molar-refractivity contribution in [2.45, 2.75) is 39.3 Å². The Kier molecular flexibility index (Phi) is 3.72. The highest BCUT2D eigenvalue weighted by Gasteiger charge is 2.42. The number of carbonyl (C=O) groups is 2. The van der Waals surface area contributed by atoms with Gasteiger partial charge in [-0.25, -0.2) is 4.79 Å². The second kappa shape index (κ2) is 5.45. The molecule has 0 radical (unpaired) electrons. The maximum Gasteiger partial charge on any atom is 0.336 e. The Bertz CT molecular complexity index is 724. The predicted octanol–water partition coefficient (Wildman–Crippen LogP) is 1.75. The van der Waals surface area contributed by atoms with Crippen molar-refractivity contribution < 1.29 is 19.4 Å². The van der Waals surface area contributed by atoms with Gasteiger partial charge in [-0.05, 0) is 42.5 Å². The van der Waals surface area contributed by atoms with E-state index < -0.39 is 11.5 Å². The Labute approximate surface area is 134 Å². The van der Waals surface area contributed by atoms with E-state index in [9.17, 15) is 14.7 Å². The minimum atomic E-state index is -1.04. The van der Waals surface area contributed by atoms with Gasteiger partial charge in [0.05, 0.1) is 18.8 Å². The van der Waals surface area contributed by atoms with Crippen LogP contribution in [0.4, 0.5) is 0 Å². The van der Waals surface area contributed by atoms with E-state index in [0.717, 1.165) is 17.5 Å². The lowest BCUT2D eigenvalue weighted by Crippen LogP contribution is -2.41. The second-order valence-corrected chi connectivity index (χ2v) is 6.49. The van der Waals surface area contributed by atoms with E-state index >= 15 is 0 Å². The Morgan fingerprint density at radius 3 is 2.74 bits per heavy atom. The summed E-state index contributed by atoms with van der Waals surface area (Å²) in [6, 6.07) is 3.46. The maximum atomic E-state index is 12.3. The molecule has 1 unspecified atom stereocenters. The van der Waals surface area contributed by atoms with E-state index in [2.05, 4.69) is 10.3 Å². The van der Waals surface area contributed by atoms with Gasteiger partial charge in [0.25, 0.3) is 5.91 Å². The minimum absolute atomic E-state index is 0.0132. The molecule has 0 spiro atoms. The molecule has 2 aliphatic rings. The first-order chi connectivity index (χ1) is 10.8. The molecule has 1 aromatic carbocycles. The maximum absolute atomic E-state index is 12.3. The van der Waals surface area contributed by atoms with Gasteiger partial charge in [0, 0.05) is 5.56 Å². The molecule has 23 heavy (non-hydrogen) atoms. The lowest BCUT2D eigenvalue weighted by Gasteiger charge is -2.21. The molecular formula is C17H20N2O4. The number of hydrogen-bond acceptors (Lipinski definition) is 4. The highest BCUT2D eigenvalue weighted by molar-refractivity contribution is 6.18. The van der Waals surface area contributed by atoms with Crippen LogP contribution >= 0.6 is 0 Å². The van der Waals surface area contributed by atoms with Gasteiger partial charge in [0.15, 0.2) is 0 Å². The quantitative estimate of drug-likeness (QED) is 0.889. The van der Waals surface area contributed by atoms with Crippen LogP contribution in [0, 0.1) is 5.92 Å². The van der Waals surface area contributed by atoms with Gasteiger partial charge in [-0.1, -0.05) is 13.8 Å². The van der Waals surface area contributed by atoms with Crippen LogP contribution in [0.15, 0.2) is 17.1 Å².